The summed E-state index contributed by atoms with van der Waals surface area (Å²) in [4.78, 5) is 22.5. The summed E-state index contributed by atoms with van der Waals surface area (Å²) in [5.41, 5.74) is 0.766. The van der Waals surface area contributed by atoms with Crippen molar-refractivity contribution in [2.75, 3.05) is 23.3 Å². The number of aromatic nitrogens is 2. The number of nitrogens with zero attached hydrogens (tertiary/aromatic N) is 3. The van der Waals surface area contributed by atoms with Crippen LogP contribution in [0.15, 0.2) is 48.8 Å². The first-order chi connectivity index (χ1) is 14.3. The number of halogens is 3. The lowest BCUT2D eigenvalue weighted by atomic mass is 10.1. The number of hydrogen-bond donors (Lipinski definition) is 2. The molecule has 2 aromatic heterocycles. The first-order valence-corrected chi connectivity index (χ1v) is 9.51. The van der Waals surface area contributed by atoms with Crippen molar-refractivity contribution in [1.82, 2.24) is 15.3 Å². The van der Waals surface area contributed by atoms with Gasteiger partial charge in [0.05, 0.1) is 11.3 Å². The predicted molar refractivity (Wildman–Crippen MR) is 108 cm³/mol. The van der Waals surface area contributed by atoms with Gasteiger partial charge in [-0.05, 0) is 37.6 Å². The number of carbonyl (C=O) groups excluding carboxylic acids is 1. The van der Waals surface area contributed by atoms with E-state index in [2.05, 4.69) is 20.6 Å². The monoisotopic (exact) mass is 415 g/mol. The fourth-order valence-electron chi connectivity index (χ4n) is 3.55. The van der Waals surface area contributed by atoms with E-state index in [1.807, 2.05) is 36.1 Å². The summed E-state index contributed by atoms with van der Waals surface area (Å²) in [7, 11) is 0. The fourth-order valence-corrected chi connectivity index (χ4v) is 3.55. The molecule has 1 fully saturated rings. The Morgan fingerprint density at radius 2 is 2.00 bits per heavy atom. The van der Waals surface area contributed by atoms with Crippen molar-refractivity contribution in [2.45, 2.75) is 25.6 Å². The Morgan fingerprint density at radius 3 is 2.73 bits per heavy atom. The normalized spacial score (nSPS) is 16.7. The van der Waals surface area contributed by atoms with E-state index in [-0.39, 0.29) is 12.1 Å². The minimum Gasteiger partial charge on any atom is -0.354 e. The molecular weight excluding hydrogens is 395 g/mol. The number of amides is 2. The molecule has 1 saturated heterocycles. The standard InChI is InChI=1S/C21H20F3N5O/c1-13-9-17-14(10-25-13)3-2-4-18(17)28-20(30)27-16-7-8-29(12-16)19-6-5-15(11-26-19)21(22,23)24/h2-6,9-11,16H,7-8,12H2,1H3,(H2,27,28,30)/t16-/m1/s1. The smallest absolute Gasteiger partial charge is 0.354 e. The van der Waals surface area contributed by atoms with E-state index in [1.165, 1.54) is 6.07 Å². The van der Waals surface area contributed by atoms with E-state index in [0.29, 0.717) is 31.0 Å². The van der Waals surface area contributed by atoms with Crippen LogP contribution in [0.4, 0.5) is 29.5 Å². The minimum absolute atomic E-state index is 0.132. The number of fused-ring (bicyclic) bond motifs is 1. The van der Waals surface area contributed by atoms with E-state index in [9.17, 15) is 18.0 Å². The molecule has 0 bridgehead atoms. The van der Waals surface area contributed by atoms with Crippen LogP contribution in [0, 0.1) is 6.92 Å². The van der Waals surface area contributed by atoms with Gasteiger partial charge in [0, 0.05) is 48.0 Å². The van der Waals surface area contributed by atoms with Crippen LogP contribution < -0.4 is 15.5 Å². The van der Waals surface area contributed by atoms with Crippen LogP contribution >= 0.6 is 0 Å². The third-order valence-electron chi connectivity index (χ3n) is 5.07. The van der Waals surface area contributed by atoms with Crippen LogP contribution in [0.2, 0.25) is 0 Å². The van der Waals surface area contributed by atoms with Gasteiger partial charge in [-0.1, -0.05) is 12.1 Å². The number of aryl methyl sites for hydroxylation is 1. The highest BCUT2D eigenvalue weighted by Gasteiger charge is 2.31. The summed E-state index contributed by atoms with van der Waals surface area (Å²) < 4.78 is 38.1. The first-order valence-electron chi connectivity index (χ1n) is 9.51. The van der Waals surface area contributed by atoms with Crippen molar-refractivity contribution in [3.8, 4) is 0 Å². The van der Waals surface area contributed by atoms with Gasteiger partial charge in [-0.3, -0.25) is 4.98 Å². The van der Waals surface area contributed by atoms with Gasteiger partial charge in [-0.2, -0.15) is 13.2 Å². The van der Waals surface area contributed by atoms with Gasteiger partial charge in [0.2, 0.25) is 0 Å². The summed E-state index contributed by atoms with van der Waals surface area (Å²) in [6.07, 6.45) is -1.14. The fraction of sp³-hybridized carbons (Fsp3) is 0.286. The van der Waals surface area contributed by atoms with Crippen molar-refractivity contribution < 1.29 is 18.0 Å². The number of alkyl halides is 3. The van der Waals surface area contributed by atoms with Crippen molar-refractivity contribution in [3.63, 3.8) is 0 Å². The molecule has 0 radical (unpaired) electrons. The van der Waals surface area contributed by atoms with Crippen molar-refractivity contribution in [3.05, 3.63) is 60.0 Å². The maximum atomic E-state index is 12.7. The van der Waals surface area contributed by atoms with E-state index in [4.69, 9.17) is 0 Å². The van der Waals surface area contributed by atoms with Crippen molar-refractivity contribution in [1.29, 1.82) is 0 Å². The highest BCUT2D eigenvalue weighted by Crippen LogP contribution is 2.30. The Labute approximate surface area is 171 Å². The number of rotatable bonds is 3. The van der Waals surface area contributed by atoms with Gasteiger partial charge < -0.3 is 15.5 Å². The summed E-state index contributed by atoms with van der Waals surface area (Å²) >= 11 is 0. The third-order valence-corrected chi connectivity index (χ3v) is 5.07. The predicted octanol–water partition coefficient (Wildman–Crippen LogP) is 4.36. The molecule has 1 aromatic carbocycles. The van der Waals surface area contributed by atoms with Crippen LogP contribution in [0.1, 0.15) is 17.7 Å². The quantitative estimate of drug-likeness (QED) is 0.667. The summed E-state index contributed by atoms with van der Waals surface area (Å²) in [5.74, 6) is 0.463. The zero-order valence-corrected chi connectivity index (χ0v) is 16.2. The molecule has 3 aromatic rings. The van der Waals surface area contributed by atoms with E-state index >= 15 is 0 Å². The molecule has 4 rings (SSSR count). The average molecular weight is 415 g/mol. The van der Waals surface area contributed by atoms with Gasteiger partial charge >= 0.3 is 12.2 Å². The zero-order valence-electron chi connectivity index (χ0n) is 16.2. The lowest BCUT2D eigenvalue weighted by molar-refractivity contribution is -0.137. The summed E-state index contributed by atoms with van der Waals surface area (Å²) in [5, 5.41) is 7.64. The molecule has 30 heavy (non-hydrogen) atoms. The highest BCUT2D eigenvalue weighted by atomic mass is 19.4. The van der Waals surface area contributed by atoms with Crippen LogP contribution in [0.25, 0.3) is 10.8 Å². The Kier molecular flexibility index (Phi) is 5.19. The lowest BCUT2D eigenvalue weighted by Crippen LogP contribution is -2.39. The number of pyridine rings is 2. The minimum atomic E-state index is -4.41. The molecule has 2 amide bonds. The largest absolute Gasteiger partial charge is 0.417 e. The molecular formula is C21H20F3N5O. The van der Waals surface area contributed by atoms with Gasteiger partial charge in [0.1, 0.15) is 5.82 Å². The number of benzene rings is 1. The molecule has 0 aliphatic carbocycles. The first kappa shape index (κ1) is 19.9. The third kappa shape index (κ3) is 4.29. The molecule has 1 atom stereocenters. The Bertz CT molecular complexity index is 1070. The van der Waals surface area contributed by atoms with E-state index in [1.54, 1.807) is 6.20 Å². The Morgan fingerprint density at radius 1 is 1.17 bits per heavy atom. The molecule has 0 unspecified atom stereocenters. The molecule has 1 aliphatic heterocycles. The number of hydrogen-bond acceptors (Lipinski definition) is 4. The number of anilines is 2. The second-order valence-electron chi connectivity index (χ2n) is 7.29. The van der Waals surface area contributed by atoms with E-state index < -0.39 is 11.7 Å². The molecule has 1 aliphatic rings. The maximum Gasteiger partial charge on any atom is 0.417 e. The van der Waals surface area contributed by atoms with Gasteiger partial charge in [-0.25, -0.2) is 9.78 Å². The molecule has 2 N–H and O–H groups in total. The SMILES string of the molecule is Cc1cc2c(NC(=O)N[C@@H]3CCN(c4ccc(C(F)(F)F)cn4)C3)cccc2cn1. The topological polar surface area (TPSA) is 70.2 Å². The number of urea groups is 1. The molecule has 3 heterocycles. The molecule has 0 spiro atoms. The van der Waals surface area contributed by atoms with Crippen molar-refractivity contribution in [2.24, 2.45) is 0 Å². The van der Waals surface area contributed by atoms with Gasteiger partial charge in [0.25, 0.3) is 0 Å². The van der Waals surface area contributed by atoms with Crippen molar-refractivity contribution >= 4 is 28.3 Å². The molecule has 156 valence electrons. The second kappa shape index (κ2) is 7.81. The van der Waals surface area contributed by atoms with Crippen LogP contribution in [0.5, 0.6) is 0 Å². The molecule has 6 nitrogen and oxygen atoms in total. The van der Waals surface area contributed by atoms with Crippen LogP contribution in [-0.2, 0) is 6.18 Å². The van der Waals surface area contributed by atoms with Crippen LogP contribution in [0.3, 0.4) is 0 Å². The number of carbonyl (C=O) groups is 1. The van der Waals surface area contributed by atoms with Gasteiger partial charge in [-0.15, -0.1) is 0 Å². The Balaban J connectivity index is 1.38. The average Bonchev–Trinajstić information content (AvgIpc) is 3.16. The zero-order chi connectivity index (χ0) is 21.3. The molecule has 0 saturated carbocycles. The lowest BCUT2D eigenvalue weighted by Gasteiger charge is -2.19. The second-order valence-corrected chi connectivity index (χ2v) is 7.29. The maximum absolute atomic E-state index is 12.7. The summed E-state index contributed by atoms with van der Waals surface area (Å²) in [6, 6.07) is 9.44. The van der Waals surface area contributed by atoms with Crippen LogP contribution in [-0.4, -0.2) is 35.1 Å². The van der Waals surface area contributed by atoms with Gasteiger partial charge in [0.15, 0.2) is 0 Å². The highest BCUT2D eigenvalue weighted by molar-refractivity contribution is 6.01. The van der Waals surface area contributed by atoms with E-state index in [0.717, 1.165) is 28.7 Å². The molecule has 9 heteroatoms. The Hall–Kier alpha value is -3.36. The number of nitrogens with one attached hydrogen (secondary N) is 2. The summed E-state index contributed by atoms with van der Waals surface area (Å²) in [6.45, 7) is 2.96.